The third-order valence-corrected chi connectivity index (χ3v) is 5.00. The summed E-state index contributed by atoms with van der Waals surface area (Å²) in [5.41, 5.74) is 2.12. The smallest absolute Gasteiger partial charge is 0.343 e. The molecule has 2 aromatic carbocycles. The Balaban J connectivity index is 2.56. The Labute approximate surface area is 164 Å². The van der Waals surface area contributed by atoms with Gasteiger partial charge >= 0.3 is 16.1 Å². The van der Waals surface area contributed by atoms with Crippen molar-refractivity contribution >= 4 is 22.2 Å². The van der Waals surface area contributed by atoms with Crippen LogP contribution in [0.1, 0.15) is 16.7 Å². The van der Waals surface area contributed by atoms with Crippen molar-refractivity contribution in [2.45, 2.75) is 18.7 Å². The molecule has 0 saturated carbocycles. The highest BCUT2D eigenvalue weighted by molar-refractivity contribution is 7.87. The van der Waals surface area contributed by atoms with E-state index in [1.165, 1.54) is 45.6 Å². The molecule has 0 radical (unpaired) electrons. The van der Waals surface area contributed by atoms with Crippen LogP contribution in [0.5, 0.6) is 17.2 Å². The molecule has 150 valence electrons. The first-order valence-electron chi connectivity index (χ1n) is 8.25. The number of hydrogen-bond donors (Lipinski definition) is 0. The molecule has 7 nitrogen and oxygen atoms in total. The van der Waals surface area contributed by atoms with E-state index in [1.54, 1.807) is 12.1 Å². The molecule has 8 heteroatoms. The minimum Gasteiger partial charge on any atom is -0.493 e. The molecule has 0 spiro atoms. The van der Waals surface area contributed by atoms with Crippen molar-refractivity contribution in [1.29, 1.82) is 0 Å². The molecule has 0 saturated heterocycles. The average molecular weight is 406 g/mol. The van der Waals surface area contributed by atoms with E-state index < -0.39 is 16.1 Å². The number of rotatable bonds is 7. The Bertz CT molecular complexity index is 987. The van der Waals surface area contributed by atoms with Crippen molar-refractivity contribution < 1.29 is 31.6 Å². The normalized spacial score (nSPS) is 11.3. The van der Waals surface area contributed by atoms with Crippen LogP contribution in [0.2, 0.25) is 0 Å². The predicted octanol–water partition coefficient (Wildman–Crippen LogP) is 3.27. The fourth-order valence-electron chi connectivity index (χ4n) is 2.62. The molecule has 0 aliphatic carbocycles. The summed E-state index contributed by atoms with van der Waals surface area (Å²) in [6.45, 7) is 3.68. The predicted molar refractivity (Wildman–Crippen MR) is 104 cm³/mol. The number of benzene rings is 2. The van der Waals surface area contributed by atoms with Crippen LogP contribution in [0.15, 0.2) is 41.3 Å². The van der Waals surface area contributed by atoms with E-state index in [-0.39, 0.29) is 22.1 Å². The van der Waals surface area contributed by atoms with E-state index in [0.717, 1.165) is 11.1 Å². The number of carbonyl (C=O) groups excluding carboxylic acids is 1. The van der Waals surface area contributed by atoms with E-state index in [4.69, 9.17) is 13.7 Å². The molecule has 0 fully saturated rings. The van der Waals surface area contributed by atoms with Crippen molar-refractivity contribution in [3.05, 3.63) is 53.1 Å². The molecule has 0 aliphatic heterocycles. The Morgan fingerprint density at radius 1 is 0.929 bits per heavy atom. The summed E-state index contributed by atoms with van der Waals surface area (Å²) < 4.78 is 46.2. The lowest BCUT2D eigenvalue weighted by Crippen LogP contribution is -2.12. The van der Waals surface area contributed by atoms with Crippen molar-refractivity contribution in [3.63, 3.8) is 0 Å². The second-order valence-corrected chi connectivity index (χ2v) is 7.49. The van der Waals surface area contributed by atoms with E-state index in [2.05, 4.69) is 4.74 Å². The van der Waals surface area contributed by atoms with Gasteiger partial charge < -0.3 is 18.4 Å². The SMILES string of the molecule is COC(=O)/C=C/c1cc(OC)c(OC)c(S(=O)(=O)Oc2cc(C)cc(C)c2)c1. The minimum absolute atomic E-state index is 0.00194. The highest BCUT2D eigenvalue weighted by Gasteiger charge is 2.26. The summed E-state index contributed by atoms with van der Waals surface area (Å²) in [5.74, 6) is -0.209. The number of esters is 1. The van der Waals surface area contributed by atoms with Crippen LogP contribution in [0, 0.1) is 13.8 Å². The number of hydrogen-bond acceptors (Lipinski definition) is 7. The van der Waals surface area contributed by atoms with Gasteiger partial charge in [0.1, 0.15) is 5.75 Å². The summed E-state index contributed by atoms with van der Waals surface area (Å²) in [5, 5.41) is 0. The lowest BCUT2D eigenvalue weighted by atomic mass is 10.1. The first-order chi connectivity index (χ1) is 13.2. The van der Waals surface area contributed by atoms with Crippen LogP contribution in [0.3, 0.4) is 0 Å². The van der Waals surface area contributed by atoms with Gasteiger partial charge in [-0.2, -0.15) is 8.42 Å². The van der Waals surface area contributed by atoms with Crippen LogP contribution < -0.4 is 13.7 Å². The van der Waals surface area contributed by atoms with Gasteiger partial charge in [-0.15, -0.1) is 0 Å². The monoisotopic (exact) mass is 406 g/mol. The van der Waals surface area contributed by atoms with E-state index in [9.17, 15) is 13.2 Å². The molecule has 0 unspecified atom stereocenters. The average Bonchev–Trinajstić information content (AvgIpc) is 2.63. The Morgan fingerprint density at radius 2 is 1.57 bits per heavy atom. The van der Waals surface area contributed by atoms with Crippen molar-refractivity contribution in [3.8, 4) is 17.2 Å². The quantitative estimate of drug-likeness (QED) is 0.396. The van der Waals surface area contributed by atoms with Gasteiger partial charge in [0.15, 0.2) is 16.4 Å². The van der Waals surface area contributed by atoms with Crippen LogP contribution in [-0.2, 0) is 19.6 Å². The first kappa shape index (κ1) is 21.3. The Hall–Kier alpha value is -3.00. The minimum atomic E-state index is -4.24. The Morgan fingerprint density at radius 3 is 2.11 bits per heavy atom. The number of carbonyl (C=O) groups is 1. The van der Waals surface area contributed by atoms with Crippen LogP contribution in [0.25, 0.3) is 6.08 Å². The number of ether oxygens (including phenoxy) is 3. The second-order valence-electron chi connectivity index (χ2n) is 5.97. The number of methoxy groups -OCH3 is 3. The van der Waals surface area contributed by atoms with Crippen LogP contribution in [-0.4, -0.2) is 35.7 Å². The maximum absolute atomic E-state index is 12.9. The standard InChI is InChI=1S/C20H22O7S/c1-13-8-14(2)10-16(9-13)27-28(22,23)18-12-15(6-7-19(21)25-4)11-17(24-3)20(18)26-5/h6-12H,1-5H3/b7-6+. The van der Waals surface area contributed by atoms with Gasteiger partial charge in [-0.3, -0.25) is 0 Å². The van der Waals surface area contributed by atoms with Crippen LogP contribution in [0.4, 0.5) is 0 Å². The summed E-state index contributed by atoms with van der Waals surface area (Å²) in [4.78, 5) is 11.1. The molecule has 0 atom stereocenters. The topological polar surface area (TPSA) is 88.1 Å². The van der Waals surface area contributed by atoms with Crippen molar-refractivity contribution in [2.75, 3.05) is 21.3 Å². The zero-order valence-electron chi connectivity index (χ0n) is 16.3. The maximum atomic E-state index is 12.9. The van der Waals surface area contributed by atoms with Gasteiger partial charge in [0.25, 0.3) is 0 Å². The molecular formula is C20H22O7S. The maximum Gasteiger partial charge on any atom is 0.343 e. The van der Waals surface area contributed by atoms with Gasteiger partial charge in [0.05, 0.1) is 21.3 Å². The number of aryl methyl sites for hydroxylation is 2. The molecule has 0 amide bonds. The molecule has 28 heavy (non-hydrogen) atoms. The highest BCUT2D eigenvalue weighted by atomic mass is 32.2. The lowest BCUT2D eigenvalue weighted by Gasteiger charge is -2.15. The lowest BCUT2D eigenvalue weighted by molar-refractivity contribution is -0.134. The second kappa shape index (κ2) is 8.79. The van der Waals surface area contributed by atoms with E-state index in [1.807, 2.05) is 19.9 Å². The molecule has 0 heterocycles. The van der Waals surface area contributed by atoms with E-state index >= 15 is 0 Å². The molecule has 0 bridgehead atoms. The molecule has 0 aliphatic rings. The largest absolute Gasteiger partial charge is 0.493 e. The van der Waals surface area contributed by atoms with Crippen molar-refractivity contribution in [2.24, 2.45) is 0 Å². The van der Waals surface area contributed by atoms with Crippen LogP contribution >= 0.6 is 0 Å². The summed E-state index contributed by atoms with van der Waals surface area (Å²) in [6.07, 6.45) is 2.58. The molecule has 0 aromatic heterocycles. The summed E-state index contributed by atoms with van der Waals surface area (Å²) >= 11 is 0. The fraction of sp³-hybridized carbons (Fsp3) is 0.250. The van der Waals surface area contributed by atoms with Gasteiger partial charge in [-0.1, -0.05) is 6.07 Å². The molecule has 0 N–H and O–H groups in total. The zero-order chi connectivity index (χ0) is 20.9. The Kier molecular flexibility index (Phi) is 6.69. The van der Waals surface area contributed by atoms with Gasteiger partial charge in [0, 0.05) is 6.08 Å². The first-order valence-corrected chi connectivity index (χ1v) is 9.66. The third kappa shape index (κ3) is 5.04. The molecule has 2 rings (SSSR count). The molecule has 2 aromatic rings. The summed E-state index contributed by atoms with van der Waals surface area (Å²) in [7, 11) is -0.286. The zero-order valence-corrected chi connectivity index (χ0v) is 17.1. The molecular weight excluding hydrogens is 384 g/mol. The van der Waals surface area contributed by atoms with Gasteiger partial charge in [-0.05, 0) is 60.9 Å². The van der Waals surface area contributed by atoms with Crippen molar-refractivity contribution in [1.82, 2.24) is 0 Å². The summed E-state index contributed by atoms with van der Waals surface area (Å²) in [6, 6.07) is 8.01. The van der Waals surface area contributed by atoms with Gasteiger partial charge in [0.2, 0.25) is 0 Å². The van der Waals surface area contributed by atoms with E-state index in [0.29, 0.717) is 5.56 Å². The van der Waals surface area contributed by atoms with Gasteiger partial charge in [-0.25, -0.2) is 4.79 Å². The highest BCUT2D eigenvalue weighted by Crippen LogP contribution is 2.37. The third-order valence-electron chi connectivity index (χ3n) is 3.75. The fourth-order valence-corrected chi connectivity index (χ4v) is 3.75.